The van der Waals surface area contributed by atoms with Crippen molar-refractivity contribution in [3.05, 3.63) is 60.2 Å². The lowest BCUT2D eigenvalue weighted by atomic mass is 9.87. The van der Waals surface area contributed by atoms with E-state index >= 15 is 0 Å². The summed E-state index contributed by atoms with van der Waals surface area (Å²) in [4.78, 5) is 11.8. The quantitative estimate of drug-likeness (QED) is 0.529. The van der Waals surface area contributed by atoms with Crippen LogP contribution in [0.5, 0.6) is 0 Å². The minimum Gasteiger partial charge on any atom is -0.466 e. The highest BCUT2D eigenvalue weighted by Crippen LogP contribution is 2.48. The second kappa shape index (κ2) is 8.17. The van der Waals surface area contributed by atoms with Crippen molar-refractivity contribution in [3.63, 3.8) is 0 Å². The van der Waals surface area contributed by atoms with Crippen molar-refractivity contribution < 1.29 is 18.3 Å². The third-order valence-corrected chi connectivity index (χ3v) is 7.23. The van der Waals surface area contributed by atoms with Crippen LogP contribution in [0.1, 0.15) is 39.7 Å². The average molecular weight is 400 g/mol. The summed E-state index contributed by atoms with van der Waals surface area (Å²) in [7, 11) is -1.61. The minimum absolute atomic E-state index is 0.0723. The third-order valence-electron chi connectivity index (χ3n) is 5.08. The van der Waals surface area contributed by atoms with E-state index in [-0.39, 0.29) is 25.0 Å². The molecule has 2 unspecified atom stereocenters. The first-order valence-electron chi connectivity index (χ1n) is 9.76. The van der Waals surface area contributed by atoms with Gasteiger partial charge >= 0.3 is 5.97 Å². The van der Waals surface area contributed by atoms with Gasteiger partial charge in [0, 0.05) is 6.42 Å². The first kappa shape index (κ1) is 20.7. The van der Waals surface area contributed by atoms with E-state index in [0.717, 1.165) is 10.4 Å². The number of hydrogen-bond donors (Lipinski definition) is 0. The predicted octanol–water partition coefficient (Wildman–Crippen LogP) is 3.40. The molecule has 2 atom stereocenters. The Labute approximate surface area is 168 Å². The van der Waals surface area contributed by atoms with Gasteiger partial charge in [-0.25, -0.2) is 4.39 Å². The fourth-order valence-electron chi connectivity index (χ4n) is 3.21. The third kappa shape index (κ3) is 4.70. The van der Waals surface area contributed by atoms with Crippen molar-refractivity contribution in [2.24, 2.45) is 5.92 Å². The lowest BCUT2D eigenvalue weighted by molar-refractivity contribution is -0.146. The Bertz CT molecular complexity index is 801. The topological polar surface area (TPSA) is 35.5 Å². The van der Waals surface area contributed by atoms with Crippen molar-refractivity contribution in [1.82, 2.24) is 0 Å². The van der Waals surface area contributed by atoms with Crippen LogP contribution in [0.4, 0.5) is 4.39 Å². The maximum Gasteiger partial charge on any atom is 0.312 e. The van der Waals surface area contributed by atoms with Gasteiger partial charge in [0.05, 0.1) is 19.1 Å². The van der Waals surface area contributed by atoms with Crippen LogP contribution >= 0.6 is 0 Å². The van der Waals surface area contributed by atoms with Crippen LogP contribution in [-0.4, -0.2) is 33.9 Å². The van der Waals surface area contributed by atoms with E-state index in [0.29, 0.717) is 0 Å². The van der Waals surface area contributed by atoms with Crippen molar-refractivity contribution >= 4 is 25.4 Å². The maximum atomic E-state index is 14.9. The summed E-state index contributed by atoms with van der Waals surface area (Å²) >= 11 is 0. The molecule has 0 saturated heterocycles. The van der Waals surface area contributed by atoms with Crippen molar-refractivity contribution in [2.75, 3.05) is 13.2 Å². The van der Waals surface area contributed by atoms with Crippen molar-refractivity contribution in [3.8, 4) is 0 Å². The van der Waals surface area contributed by atoms with E-state index < -0.39 is 26.6 Å². The highest BCUT2D eigenvalue weighted by Gasteiger charge is 2.61. The first-order valence-corrected chi connectivity index (χ1v) is 11.2. The van der Waals surface area contributed by atoms with Gasteiger partial charge in [0.2, 0.25) is 0 Å². The molecule has 0 aromatic heterocycles. The van der Waals surface area contributed by atoms with Crippen LogP contribution < -0.4 is 10.4 Å². The van der Waals surface area contributed by atoms with Gasteiger partial charge in [-0.05, 0) is 28.3 Å². The van der Waals surface area contributed by atoms with Crippen LogP contribution in [0.3, 0.4) is 0 Å². The summed E-state index contributed by atoms with van der Waals surface area (Å²) in [6.07, 6.45) is 0.179. The lowest BCUT2D eigenvalue weighted by Gasteiger charge is -2.21. The number of halogens is 1. The SMILES string of the molecule is CCOC(=O)C1CC1(F)CO[Si](c1ccccc1)c1ccc(C(C)(C)C)cc1. The normalized spacial score (nSPS) is 21.6. The van der Waals surface area contributed by atoms with Crippen LogP contribution in [0.25, 0.3) is 0 Å². The molecule has 2 aromatic rings. The highest BCUT2D eigenvalue weighted by molar-refractivity contribution is 6.80. The zero-order valence-corrected chi connectivity index (χ0v) is 18.0. The molecule has 0 N–H and O–H groups in total. The number of carbonyl (C=O) groups is 1. The number of carbonyl (C=O) groups excluding carboxylic acids is 1. The van der Waals surface area contributed by atoms with Crippen LogP contribution in [0.15, 0.2) is 54.6 Å². The van der Waals surface area contributed by atoms with Gasteiger partial charge in [-0.15, -0.1) is 0 Å². The monoisotopic (exact) mass is 399 g/mol. The average Bonchev–Trinajstić information content (AvgIpc) is 3.34. The molecule has 5 heteroatoms. The molecule has 1 radical (unpaired) electrons. The number of alkyl halides is 1. The molecule has 149 valence electrons. The maximum absolute atomic E-state index is 14.9. The molecule has 0 heterocycles. The Balaban J connectivity index is 1.77. The van der Waals surface area contributed by atoms with E-state index in [1.807, 2.05) is 30.3 Å². The van der Waals surface area contributed by atoms with Gasteiger partial charge in [-0.3, -0.25) is 4.79 Å². The van der Waals surface area contributed by atoms with Gasteiger partial charge < -0.3 is 9.16 Å². The fourth-order valence-corrected chi connectivity index (χ4v) is 5.23. The van der Waals surface area contributed by atoms with Crippen LogP contribution in [0.2, 0.25) is 0 Å². The molecule has 0 amide bonds. The number of esters is 1. The highest BCUT2D eigenvalue weighted by atomic mass is 28.3. The zero-order chi connectivity index (χ0) is 20.4. The van der Waals surface area contributed by atoms with E-state index in [4.69, 9.17) is 9.16 Å². The molecule has 3 nitrogen and oxygen atoms in total. The lowest BCUT2D eigenvalue weighted by Crippen LogP contribution is -2.46. The van der Waals surface area contributed by atoms with E-state index in [2.05, 4.69) is 45.0 Å². The number of rotatable bonds is 7. The Morgan fingerprint density at radius 1 is 1.11 bits per heavy atom. The predicted molar refractivity (Wildman–Crippen MR) is 111 cm³/mol. The molecule has 3 rings (SSSR count). The van der Waals surface area contributed by atoms with Crippen LogP contribution in [-0.2, 0) is 19.4 Å². The second-order valence-corrected chi connectivity index (χ2v) is 10.5. The molecular formula is C23H28FO3Si. The first-order chi connectivity index (χ1) is 13.2. The Morgan fingerprint density at radius 2 is 1.71 bits per heavy atom. The van der Waals surface area contributed by atoms with Gasteiger partial charge in [-0.1, -0.05) is 75.4 Å². The summed E-state index contributed by atoms with van der Waals surface area (Å²) in [6, 6.07) is 18.4. The van der Waals surface area contributed by atoms with Crippen LogP contribution in [0, 0.1) is 5.92 Å². The summed E-state index contributed by atoms with van der Waals surface area (Å²) in [6.45, 7) is 8.45. The van der Waals surface area contributed by atoms with E-state index in [1.54, 1.807) is 6.92 Å². The van der Waals surface area contributed by atoms with Gasteiger partial charge in [0.25, 0.3) is 9.04 Å². The molecule has 1 aliphatic rings. The molecular weight excluding hydrogens is 371 g/mol. The summed E-state index contributed by atoms with van der Waals surface area (Å²) in [5.41, 5.74) is -0.289. The fraction of sp³-hybridized carbons (Fsp3) is 0.435. The molecule has 0 spiro atoms. The van der Waals surface area contributed by atoms with Gasteiger partial charge in [0.1, 0.15) is 5.67 Å². The molecule has 0 aliphatic heterocycles. The number of ether oxygens (including phenoxy) is 1. The summed E-state index contributed by atoms with van der Waals surface area (Å²) in [5.74, 6) is -1.16. The van der Waals surface area contributed by atoms with Crippen molar-refractivity contribution in [2.45, 2.75) is 45.2 Å². The second-order valence-electron chi connectivity index (χ2n) is 8.35. The largest absolute Gasteiger partial charge is 0.466 e. The molecule has 2 aromatic carbocycles. The minimum atomic E-state index is -1.61. The summed E-state index contributed by atoms with van der Waals surface area (Å²) in [5, 5.41) is 2.13. The Hall–Kier alpha value is -1.98. The summed E-state index contributed by atoms with van der Waals surface area (Å²) < 4.78 is 26.0. The number of benzene rings is 2. The number of hydrogen-bond acceptors (Lipinski definition) is 3. The molecule has 0 bridgehead atoms. The smallest absolute Gasteiger partial charge is 0.312 e. The molecule has 28 heavy (non-hydrogen) atoms. The Morgan fingerprint density at radius 3 is 2.29 bits per heavy atom. The standard InChI is InChI=1S/C23H28FO3Si/c1-5-26-21(25)20-15-23(20,24)16-27-28(18-9-7-6-8-10-18)19-13-11-17(12-14-19)22(2,3)4/h6-14,20H,5,15-16H2,1-4H3. The molecule has 1 aliphatic carbocycles. The zero-order valence-electron chi connectivity index (χ0n) is 17.0. The van der Waals surface area contributed by atoms with Crippen molar-refractivity contribution in [1.29, 1.82) is 0 Å². The van der Waals surface area contributed by atoms with E-state index in [9.17, 15) is 9.18 Å². The molecule has 1 saturated carbocycles. The Kier molecular flexibility index (Phi) is 6.06. The van der Waals surface area contributed by atoms with Gasteiger partial charge in [-0.2, -0.15) is 0 Å². The van der Waals surface area contributed by atoms with Gasteiger partial charge in [0.15, 0.2) is 0 Å². The van der Waals surface area contributed by atoms with E-state index in [1.165, 1.54) is 5.56 Å². The molecule has 1 fully saturated rings.